The average molecular weight is 613 g/mol. The molecule has 2 N–H and O–H groups in total. The summed E-state index contributed by atoms with van der Waals surface area (Å²) in [7, 11) is 0. The van der Waals surface area contributed by atoms with Gasteiger partial charge in [-0.25, -0.2) is 0 Å². The molecule has 2 saturated carbocycles. The summed E-state index contributed by atoms with van der Waals surface area (Å²) in [6, 6.07) is 13.9. The number of hydrogen-bond acceptors (Lipinski definition) is 2. The van der Waals surface area contributed by atoms with Crippen molar-refractivity contribution in [1.82, 2.24) is 0 Å². The Labute approximate surface area is 271 Å². The van der Waals surface area contributed by atoms with Crippen molar-refractivity contribution in [3.63, 3.8) is 0 Å². The van der Waals surface area contributed by atoms with E-state index in [0.29, 0.717) is 43.9 Å². The molecule has 4 heteroatoms. The smallest absolute Gasteiger partial charge is 0.309 e. The summed E-state index contributed by atoms with van der Waals surface area (Å²) in [5.41, 5.74) is 6.35. The molecule has 6 atom stereocenters. The monoisotopic (exact) mass is 612 g/mol. The maximum Gasteiger partial charge on any atom is 0.309 e. The number of fused-ring (bicyclic) bond motifs is 6. The van der Waals surface area contributed by atoms with Crippen LogP contribution < -0.4 is 0 Å². The van der Waals surface area contributed by atoms with Gasteiger partial charge in [0, 0.05) is 0 Å². The molecule has 0 aliphatic heterocycles. The minimum absolute atomic E-state index is 0.0720. The third kappa shape index (κ3) is 4.99. The van der Waals surface area contributed by atoms with Crippen LogP contribution in [0.15, 0.2) is 36.4 Å². The highest BCUT2D eigenvalue weighted by Crippen LogP contribution is 2.62. The number of hydrogen-bond donors (Lipinski definition) is 2. The molecule has 2 fully saturated rings. The molecular formula is C41H56O4. The fourth-order valence-electron chi connectivity index (χ4n) is 11.4. The van der Waals surface area contributed by atoms with E-state index in [0.717, 1.165) is 51.4 Å². The molecule has 2 aromatic rings. The van der Waals surface area contributed by atoms with Crippen LogP contribution >= 0.6 is 0 Å². The first kappa shape index (κ1) is 32.3. The Hall–Kier alpha value is -2.62. The first-order valence-electron chi connectivity index (χ1n) is 18.0. The van der Waals surface area contributed by atoms with Crippen molar-refractivity contribution >= 4 is 11.9 Å². The quantitative estimate of drug-likeness (QED) is 0.311. The molecule has 0 bridgehead atoms. The molecular weight excluding hydrogens is 556 g/mol. The first-order valence-corrected chi connectivity index (χ1v) is 18.0. The van der Waals surface area contributed by atoms with Crippen LogP contribution in [0.5, 0.6) is 0 Å². The fraction of sp³-hybridized carbons (Fsp3) is 0.659. The Balaban J connectivity index is 1.28. The Morgan fingerprint density at radius 2 is 1.09 bits per heavy atom. The van der Waals surface area contributed by atoms with E-state index < -0.39 is 22.8 Å². The highest BCUT2D eigenvalue weighted by Gasteiger charge is 2.60. The number of carboxylic acid groups (broad SMARTS) is 2. The molecule has 0 amide bonds. The van der Waals surface area contributed by atoms with Crippen LogP contribution in [-0.2, 0) is 33.3 Å². The Morgan fingerprint density at radius 3 is 1.44 bits per heavy atom. The van der Waals surface area contributed by atoms with Gasteiger partial charge in [-0.3, -0.25) is 9.59 Å². The van der Waals surface area contributed by atoms with Crippen LogP contribution in [0.1, 0.15) is 157 Å². The van der Waals surface area contributed by atoms with Crippen LogP contribution in [0, 0.1) is 22.7 Å². The van der Waals surface area contributed by atoms with Gasteiger partial charge in [-0.05, 0) is 132 Å². The maximum atomic E-state index is 13.4. The Kier molecular flexibility index (Phi) is 8.31. The van der Waals surface area contributed by atoms with Crippen LogP contribution in [0.2, 0.25) is 0 Å². The van der Waals surface area contributed by atoms with Crippen LogP contribution in [-0.4, -0.2) is 22.2 Å². The summed E-state index contributed by atoms with van der Waals surface area (Å²) in [6.07, 6.45) is 10.8. The number of rotatable bonds is 8. The molecule has 0 saturated heterocycles. The molecule has 4 nitrogen and oxygen atoms in total. The molecule has 0 spiro atoms. The SMILES string of the molecule is CC(C)c1ccc2c(c1)CC[C@H]1[C@@](CCC[C@]3(C(=O)O)CCC[C@]4(C)c5ccc(C(C)C)cc5CC[C@@H]34)(C(=O)O)CCC[C@]21C. The van der Waals surface area contributed by atoms with Gasteiger partial charge in [-0.15, -0.1) is 0 Å². The van der Waals surface area contributed by atoms with E-state index in [-0.39, 0.29) is 22.7 Å². The molecule has 6 rings (SSSR count). The lowest BCUT2D eigenvalue weighted by Gasteiger charge is -2.56. The minimum atomic E-state index is -0.800. The second-order valence-electron chi connectivity index (χ2n) is 16.6. The number of aryl methyl sites for hydroxylation is 2. The highest BCUT2D eigenvalue weighted by molar-refractivity contribution is 5.77. The zero-order valence-corrected chi connectivity index (χ0v) is 28.7. The normalized spacial score (nSPS) is 34.0. The summed E-state index contributed by atoms with van der Waals surface area (Å²) in [5.74, 6) is -0.227. The lowest BCUT2D eigenvalue weighted by atomic mass is 9.47. The van der Waals surface area contributed by atoms with Crippen LogP contribution in [0.3, 0.4) is 0 Å². The predicted octanol–water partition coefficient (Wildman–Crippen LogP) is 9.95. The number of benzene rings is 2. The second-order valence-corrected chi connectivity index (χ2v) is 16.6. The van der Waals surface area contributed by atoms with Crippen molar-refractivity contribution in [2.24, 2.45) is 22.7 Å². The topological polar surface area (TPSA) is 74.6 Å². The van der Waals surface area contributed by atoms with Gasteiger partial charge in [0.15, 0.2) is 0 Å². The van der Waals surface area contributed by atoms with E-state index in [1.54, 1.807) is 0 Å². The Morgan fingerprint density at radius 1 is 0.689 bits per heavy atom. The largest absolute Gasteiger partial charge is 0.481 e. The molecule has 0 aromatic heterocycles. The molecule has 244 valence electrons. The zero-order valence-electron chi connectivity index (χ0n) is 28.7. The third-order valence-corrected chi connectivity index (χ3v) is 13.8. The summed E-state index contributed by atoms with van der Waals surface area (Å²) < 4.78 is 0. The number of carboxylic acids is 2. The zero-order chi connectivity index (χ0) is 32.4. The van der Waals surface area contributed by atoms with Gasteiger partial charge in [0.05, 0.1) is 10.8 Å². The van der Waals surface area contributed by atoms with Crippen molar-refractivity contribution in [3.8, 4) is 0 Å². The molecule has 0 heterocycles. The minimum Gasteiger partial charge on any atom is -0.481 e. The van der Waals surface area contributed by atoms with Crippen molar-refractivity contribution in [2.45, 2.75) is 148 Å². The summed E-state index contributed by atoms with van der Waals surface area (Å²) >= 11 is 0. The molecule has 0 unspecified atom stereocenters. The molecule has 2 aromatic carbocycles. The van der Waals surface area contributed by atoms with Gasteiger partial charge in [-0.2, -0.15) is 0 Å². The van der Waals surface area contributed by atoms with Crippen molar-refractivity contribution in [3.05, 3.63) is 69.8 Å². The number of aliphatic carboxylic acids is 2. The number of carbonyl (C=O) groups is 2. The maximum absolute atomic E-state index is 13.4. The summed E-state index contributed by atoms with van der Waals surface area (Å²) in [6.45, 7) is 13.6. The lowest BCUT2D eigenvalue weighted by Crippen LogP contribution is -2.55. The third-order valence-electron chi connectivity index (χ3n) is 13.8. The van der Waals surface area contributed by atoms with Gasteiger partial charge in [-0.1, -0.05) is 97.2 Å². The second kappa shape index (κ2) is 11.6. The van der Waals surface area contributed by atoms with E-state index in [1.165, 1.54) is 33.4 Å². The van der Waals surface area contributed by atoms with Gasteiger partial charge in [0.25, 0.3) is 0 Å². The van der Waals surface area contributed by atoms with Crippen molar-refractivity contribution < 1.29 is 19.8 Å². The van der Waals surface area contributed by atoms with Crippen molar-refractivity contribution in [2.75, 3.05) is 0 Å². The van der Waals surface area contributed by atoms with E-state index in [1.807, 2.05) is 0 Å². The van der Waals surface area contributed by atoms with E-state index in [4.69, 9.17) is 0 Å². The average Bonchev–Trinajstić information content (AvgIpc) is 2.99. The van der Waals surface area contributed by atoms with E-state index in [2.05, 4.69) is 77.9 Å². The van der Waals surface area contributed by atoms with Gasteiger partial charge >= 0.3 is 11.9 Å². The van der Waals surface area contributed by atoms with Gasteiger partial charge in [0.2, 0.25) is 0 Å². The Bertz CT molecular complexity index is 1360. The van der Waals surface area contributed by atoms with Gasteiger partial charge in [0.1, 0.15) is 0 Å². The van der Waals surface area contributed by atoms with Crippen LogP contribution in [0.25, 0.3) is 0 Å². The highest BCUT2D eigenvalue weighted by atomic mass is 16.4. The molecule has 4 aliphatic rings. The summed E-state index contributed by atoms with van der Waals surface area (Å²) in [5, 5.41) is 22.0. The molecule has 4 aliphatic carbocycles. The predicted molar refractivity (Wildman–Crippen MR) is 181 cm³/mol. The standard InChI is InChI=1S/C41H56O4/c1-26(2)28-10-14-32-30(24-28)12-16-34-38(32,5)18-7-20-40(34,36(42)43)22-9-23-41(37(44)45)21-8-19-39(6)33-15-11-29(27(3)4)25-31(33)13-17-35(39)41/h10-11,14-15,24-27,34-35H,7-9,12-13,16-23H2,1-6H3,(H,42,43)(H,44,45)/t34-,35-,38-,39-,40-,41-/m1/s1. The van der Waals surface area contributed by atoms with Crippen LogP contribution in [0.4, 0.5) is 0 Å². The molecule has 45 heavy (non-hydrogen) atoms. The van der Waals surface area contributed by atoms with E-state index in [9.17, 15) is 19.8 Å². The summed E-state index contributed by atoms with van der Waals surface area (Å²) in [4.78, 5) is 26.8. The van der Waals surface area contributed by atoms with Crippen molar-refractivity contribution in [1.29, 1.82) is 0 Å². The van der Waals surface area contributed by atoms with E-state index >= 15 is 0 Å². The first-order chi connectivity index (χ1) is 21.3. The molecule has 0 radical (unpaired) electrons. The lowest BCUT2D eigenvalue weighted by molar-refractivity contribution is -0.163. The van der Waals surface area contributed by atoms with Gasteiger partial charge < -0.3 is 10.2 Å². The fourth-order valence-corrected chi connectivity index (χ4v) is 11.4.